The van der Waals surface area contributed by atoms with Gasteiger partial charge < -0.3 is 26.2 Å². The Kier molecular flexibility index (Phi) is 8.35. The number of aliphatic hydroxyl groups excluding tert-OH is 1. The fourth-order valence-corrected chi connectivity index (χ4v) is 1.18. The predicted molar refractivity (Wildman–Crippen MR) is 71.5 cm³/mol. The zero-order chi connectivity index (χ0) is 16.4. The molecule has 1 rings (SSSR count). The smallest absolute Gasteiger partial charge is 0.337 e. The number of aliphatic hydroxyl groups is 1. The number of hydrogen-bond acceptors (Lipinski definition) is 5. The van der Waals surface area contributed by atoms with Crippen LogP contribution in [0.3, 0.4) is 0 Å². The van der Waals surface area contributed by atoms with Crippen LogP contribution in [0.2, 0.25) is 0 Å². The third kappa shape index (κ3) is 8.35. The fourth-order valence-electron chi connectivity index (χ4n) is 1.18. The van der Waals surface area contributed by atoms with Gasteiger partial charge in [-0.2, -0.15) is 0 Å². The SMILES string of the molecule is N[C@@H](CCC(=O)O)C(=O)O.O=C(O)C(O)c1ccccc1. The van der Waals surface area contributed by atoms with Gasteiger partial charge in [-0.05, 0) is 12.0 Å². The van der Waals surface area contributed by atoms with Crippen molar-refractivity contribution in [3.63, 3.8) is 0 Å². The van der Waals surface area contributed by atoms with Crippen LogP contribution in [0.25, 0.3) is 0 Å². The van der Waals surface area contributed by atoms with Gasteiger partial charge in [-0.1, -0.05) is 30.3 Å². The normalized spacial score (nSPS) is 12.5. The molecule has 0 aliphatic carbocycles. The molecule has 8 nitrogen and oxygen atoms in total. The summed E-state index contributed by atoms with van der Waals surface area (Å²) in [6.45, 7) is 0. The lowest BCUT2D eigenvalue weighted by atomic mass is 10.1. The van der Waals surface area contributed by atoms with E-state index in [1.165, 1.54) is 0 Å². The molecule has 6 N–H and O–H groups in total. The number of hydrogen-bond donors (Lipinski definition) is 5. The molecule has 0 fully saturated rings. The summed E-state index contributed by atoms with van der Waals surface area (Å²) in [5.41, 5.74) is 5.40. The molecule has 0 heterocycles. The Labute approximate surface area is 120 Å². The van der Waals surface area contributed by atoms with Crippen LogP contribution in [-0.4, -0.2) is 44.4 Å². The Morgan fingerprint density at radius 3 is 1.90 bits per heavy atom. The highest BCUT2D eigenvalue weighted by atomic mass is 16.4. The molecule has 0 aromatic heterocycles. The van der Waals surface area contributed by atoms with Crippen LogP contribution >= 0.6 is 0 Å². The van der Waals surface area contributed by atoms with Crippen molar-refractivity contribution in [1.29, 1.82) is 0 Å². The van der Waals surface area contributed by atoms with E-state index in [1.54, 1.807) is 30.3 Å². The van der Waals surface area contributed by atoms with E-state index in [0.29, 0.717) is 5.56 Å². The minimum absolute atomic E-state index is 0.0231. The molecule has 0 spiro atoms. The van der Waals surface area contributed by atoms with Crippen LogP contribution in [0.5, 0.6) is 0 Å². The van der Waals surface area contributed by atoms with Gasteiger partial charge in [0.2, 0.25) is 0 Å². The molecule has 0 saturated carbocycles. The van der Waals surface area contributed by atoms with Gasteiger partial charge >= 0.3 is 17.9 Å². The van der Waals surface area contributed by atoms with E-state index >= 15 is 0 Å². The molecule has 2 atom stereocenters. The molecule has 0 radical (unpaired) electrons. The second-order valence-corrected chi connectivity index (χ2v) is 4.03. The second-order valence-electron chi connectivity index (χ2n) is 4.03. The Hall–Kier alpha value is -2.45. The van der Waals surface area contributed by atoms with Crippen LogP contribution in [0, 0.1) is 0 Å². The van der Waals surface area contributed by atoms with Crippen molar-refractivity contribution in [2.75, 3.05) is 0 Å². The number of carbonyl (C=O) groups is 3. The highest BCUT2D eigenvalue weighted by Gasteiger charge is 2.14. The molecule has 1 aromatic carbocycles. The minimum Gasteiger partial charge on any atom is -0.481 e. The van der Waals surface area contributed by atoms with Crippen LogP contribution < -0.4 is 5.73 Å². The zero-order valence-corrected chi connectivity index (χ0v) is 11.0. The summed E-state index contributed by atoms with van der Waals surface area (Å²) in [7, 11) is 0. The minimum atomic E-state index is -1.41. The number of carboxylic acid groups (broad SMARTS) is 3. The monoisotopic (exact) mass is 299 g/mol. The van der Waals surface area contributed by atoms with Crippen LogP contribution in [0.15, 0.2) is 30.3 Å². The first kappa shape index (κ1) is 18.6. The first-order valence-electron chi connectivity index (χ1n) is 5.91. The van der Waals surface area contributed by atoms with Gasteiger partial charge in [0.15, 0.2) is 6.10 Å². The predicted octanol–water partition coefficient (Wildman–Crippen LogP) is 0.0677. The van der Waals surface area contributed by atoms with Crippen molar-refractivity contribution in [2.24, 2.45) is 5.73 Å². The summed E-state index contributed by atoms with van der Waals surface area (Å²) in [6, 6.07) is 7.20. The lowest BCUT2D eigenvalue weighted by Crippen LogP contribution is -2.30. The van der Waals surface area contributed by atoms with Gasteiger partial charge in [-0.3, -0.25) is 9.59 Å². The van der Waals surface area contributed by atoms with Crippen molar-refractivity contribution in [3.05, 3.63) is 35.9 Å². The van der Waals surface area contributed by atoms with Crippen molar-refractivity contribution < 1.29 is 34.8 Å². The standard InChI is InChI=1S/C8H8O3.C5H9NO4/c9-7(8(10)11)6-4-2-1-3-5-6;6-3(5(9)10)1-2-4(7)8/h1-5,7,9H,(H,10,11);3H,1-2,6H2,(H,7,8)(H,9,10)/t;3-/m.0/s1. The van der Waals surface area contributed by atoms with Crippen LogP contribution in [-0.2, 0) is 14.4 Å². The lowest BCUT2D eigenvalue weighted by molar-refractivity contribution is -0.147. The molecule has 0 saturated heterocycles. The van der Waals surface area contributed by atoms with Gasteiger partial charge in [0.25, 0.3) is 0 Å². The van der Waals surface area contributed by atoms with Crippen molar-refractivity contribution in [2.45, 2.75) is 25.0 Å². The first-order chi connectivity index (χ1) is 9.75. The molecule has 0 aliphatic heterocycles. The molecule has 0 bridgehead atoms. The Morgan fingerprint density at radius 1 is 1.00 bits per heavy atom. The van der Waals surface area contributed by atoms with Gasteiger partial charge in [-0.15, -0.1) is 0 Å². The average molecular weight is 299 g/mol. The van der Waals surface area contributed by atoms with Gasteiger partial charge in [0, 0.05) is 6.42 Å². The summed E-state index contributed by atoms with van der Waals surface area (Å²) in [6.07, 6.45) is -1.63. The van der Waals surface area contributed by atoms with Crippen molar-refractivity contribution in [1.82, 2.24) is 0 Å². The summed E-state index contributed by atoms with van der Waals surface area (Å²) < 4.78 is 0. The van der Waals surface area contributed by atoms with Gasteiger partial charge in [0.1, 0.15) is 6.04 Å². The largest absolute Gasteiger partial charge is 0.481 e. The highest BCUT2D eigenvalue weighted by Crippen LogP contribution is 2.10. The average Bonchev–Trinajstić information content (AvgIpc) is 2.45. The second kappa shape index (κ2) is 9.45. The van der Waals surface area contributed by atoms with E-state index in [0.717, 1.165) is 0 Å². The first-order valence-corrected chi connectivity index (χ1v) is 5.91. The summed E-state index contributed by atoms with van der Waals surface area (Å²) in [4.78, 5) is 30.1. The Bertz CT molecular complexity index is 475. The molecule has 0 aliphatic rings. The maximum atomic E-state index is 10.2. The third-order valence-corrected chi connectivity index (χ3v) is 2.34. The van der Waals surface area contributed by atoms with Crippen molar-refractivity contribution >= 4 is 17.9 Å². The molecule has 8 heteroatoms. The quantitative estimate of drug-likeness (QED) is 0.493. The van der Waals surface area contributed by atoms with E-state index in [4.69, 9.17) is 26.2 Å². The number of benzene rings is 1. The molecular weight excluding hydrogens is 282 g/mol. The Morgan fingerprint density at radius 2 is 1.52 bits per heavy atom. The molecule has 1 aromatic rings. The fraction of sp³-hybridized carbons (Fsp3) is 0.308. The van der Waals surface area contributed by atoms with Crippen LogP contribution in [0.1, 0.15) is 24.5 Å². The molecule has 0 amide bonds. The summed E-state index contributed by atoms with van der Waals surface area (Å²) in [5.74, 6) is -3.42. The molecular formula is C13H17NO7. The number of nitrogens with two attached hydrogens (primary N) is 1. The maximum absolute atomic E-state index is 10.2. The van der Waals surface area contributed by atoms with E-state index in [9.17, 15) is 14.4 Å². The van der Waals surface area contributed by atoms with E-state index in [1.807, 2.05) is 0 Å². The summed E-state index contributed by atoms with van der Waals surface area (Å²) in [5, 5.41) is 33.7. The molecule has 116 valence electrons. The van der Waals surface area contributed by atoms with Crippen molar-refractivity contribution in [3.8, 4) is 0 Å². The zero-order valence-electron chi connectivity index (χ0n) is 11.0. The van der Waals surface area contributed by atoms with Gasteiger partial charge in [0.05, 0.1) is 0 Å². The topological polar surface area (TPSA) is 158 Å². The maximum Gasteiger partial charge on any atom is 0.337 e. The number of carboxylic acids is 3. The Balaban J connectivity index is 0.000000384. The lowest BCUT2D eigenvalue weighted by Gasteiger charge is -2.03. The van der Waals surface area contributed by atoms with E-state index in [2.05, 4.69) is 0 Å². The molecule has 21 heavy (non-hydrogen) atoms. The van der Waals surface area contributed by atoms with E-state index < -0.39 is 30.1 Å². The van der Waals surface area contributed by atoms with Gasteiger partial charge in [-0.25, -0.2) is 4.79 Å². The summed E-state index contributed by atoms with van der Waals surface area (Å²) >= 11 is 0. The van der Waals surface area contributed by atoms with E-state index in [-0.39, 0.29) is 12.8 Å². The highest BCUT2D eigenvalue weighted by molar-refractivity contribution is 5.74. The number of rotatable bonds is 6. The van der Waals surface area contributed by atoms with Crippen LogP contribution in [0.4, 0.5) is 0 Å². The molecule has 1 unspecified atom stereocenters. The third-order valence-electron chi connectivity index (χ3n) is 2.34. The number of aliphatic carboxylic acids is 3.